The second-order valence-electron chi connectivity index (χ2n) is 9.58. The van der Waals surface area contributed by atoms with E-state index in [0.29, 0.717) is 29.6 Å². The van der Waals surface area contributed by atoms with Crippen LogP contribution in [-0.4, -0.2) is 60.3 Å². The number of anilines is 1. The maximum atomic E-state index is 12.4. The van der Waals surface area contributed by atoms with Crippen LogP contribution in [0.4, 0.5) is 5.82 Å². The molecule has 5 heterocycles. The van der Waals surface area contributed by atoms with Crippen LogP contribution in [0.2, 0.25) is 0 Å². The van der Waals surface area contributed by atoms with Gasteiger partial charge in [0.1, 0.15) is 17.0 Å². The number of fused-ring (bicyclic) bond motifs is 1. The maximum absolute atomic E-state index is 12.4. The summed E-state index contributed by atoms with van der Waals surface area (Å²) in [5.41, 5.74) is 2.27. The average molecular weight is 472 g/mol. The Bertz CT molecular complexity index is 1360. The standard InChI is InChI=1S/C25H29N9O/c35-25-13-21(27-23-8-1-2-12-34(23)25)22-17-33(31-29-22)16-20-9-10-24(30-28-20)32-11-4-7-19(15-32)26-14-18-5-3-6-18/h1-2,8-10,12-13,17-19,26H,3-7,11,14-16H2/t19-/m1/s1. The number of hydrogen-bond acceptors (Lipinski definition) is 8. The molecule has 0 amide bonds. The lowest BCUT2D eigenvalue weighted by Crippen LogP contribution is -2.47. The minimum absolute atomic E-state index is 0.153. The van der Waals surface area contributed by atoms with Crippen molar-refractivity contribution in [1.29, 1.82) is 0 Å². The van der Waals surface area contributed by atoms with Crippen molar-refractivity contribution in [3.8, 4) is 11.4 Å². The van der Waals surface area contributed by atoms with E-state index in [-0.39, 0.29) is 5.56 Å². The monoisotopic (exact) mass is 471 g/mol. The predicted molar refractivity (Wildman–Crippen MR) is 132 cm³/mol. The van der Waals surface area contributed by atoms with Crippen LogP contribution in [0.15, 0.2) is 53.6 Å². The predicted octanol–water partition coefficient (Wildman–Crippen LogP) is 2.15. The van der Waals surface area contributed by atoms with Gasteiger partial charge in [0.15, 0.2) is 5.82 Å². The molecule has 1 atom stereocenters. The molecule has 180 valence electrons. The Morgan fingerprint density at radius 3 is 2.77 bits per heavy atom. The smallest absolute Gasteiger partial charge is 0.258 e. The molecule has 35 heavy (non-hydrogen) atoms. The Morgan fingerprint density at radius 2 is 1.94 bits per heavy atom. The molecule has 1 aliphatic carbocycles. The van der Waals surface area contributed by atoms with Gasteiger partial charge in [-0.15, -0.1) is 10.2 Å². The first kappa shape index (κ1) is 21.8. The Labute approximate surface area is 203 Å². The van der Waals surface area contributed by atoms with E-state index in [9.17, 15) is 4.79 Å². The summed E-state index contributed by atoms with van der Waals surface area (Å²) in [7, 11) is 0. The van der Waals surface area contributed by atoms with Gasteiger partial charge in [-0.1, -0.05) is 17.7 Å². The van der Waals surface area contributed by atoms with Gasteiger partial charge in [-0.25, -0.2) is 9.67 Å². The summed E-state index contributed by atoms with van der Waals surface area (Å²) in [4.78, 5) is 19.2. The van der Waals surface area contributed by atoms with E-state index in [0.717, 1.165) is 37.1 Å². The molecule has 1 saturated carbocycles. The highest BCUT2D eigenvalue weighted by molar-refractivity contribution is 5.56. The molecular formula is C25H29N9O. The van der Waals surface area contributed by atoms with Crippen LogP contribution in [0.5, 0.6) is 0 Å². The summed E-state index contributed by atoms with van der Waals surface area (Å²) in [6.07, 6.45) is 10.0. The van der Waals surface area contributed by atoms with Crippen LogP contribution in [-0.2, 0) is 6.54 Å². The van der Waals surface area contributed by atoms with Gasteiger partial charge >= 0.3 is 0 Å². The number of rotatable bonds is 7. The largest absolute Gasteiger partial charge is 0.354 e. The summed E-state index contributed by atoms with van der Waals surface area (Å²) >= 11 is 0. The van der Waals surface area contributed by atoms with E-state index in [1.807, 2.05) is 18.2 Å². The van der Waals surface area contributed by atoms with E-state index in [1.54, 1.807) is 29.2 Å². The molecule has 1 saturated heterocycles. The molecule has 2 aliphatic rings. The Balaban J connectivity index is 1.10. The number of aromatic nitrogens is 7. The second kappa shape index (κ2) is 9.53. The fraction of sp³-hybridized carbons (Fsp3) is 0.440. The molecule has 2 fully saturated rings. The van der Waals surface area contributed by atoms with E-state index < -0.39 is 0 Å². The fourth-order valence-electron chi connectivity index (χ4n) is 4.83. The summed E-state index contributed by atoms with van der Waals surface area (Å²) in [5, 5.41) is 21.1. The molecule has 1 aliphatic heterocycles. The zero-order chi connectivity index (χ0) is 23.6. The lowest BCUT2D eigenvalue weighted by Gasteiger charge is -2.35. The quantitative estimate of drug-likeness (QED) is 0.437. The molecule has 0 unspecified atom stereocenters. The third kappa shape index (κ3) is 4.79. The van der Waals surface area contributed by atoms with Crippen LogP contribution in [0.3, 0.4) is 0 Å². The van der Waals surface area contributed by atoms with Crippen LogP contribution in [0.1, 0.15) is 37.8 Å². The first-order valence-electron chi connectivity index (χ1n) is 12.4. The van der Waals surface area contributed by atoms with Crippen LogP contribution >= 0.6 is 0 Å². The Morgan fingerprint density at radius 1 is 1.00 bits per heavy atom. The topological polar surface area (TPSA) is 106 Å². The molecule has 4 aromatic heterocycles. The second-order valence-corrected chi connectivity index (χ2v) is 9.58. The molecule has 10 nitrogen and oxygen atoms in total. The van der Waals surface area contributed by atoms with E-state index in [1.165, 1.54) is 42.6 Å². The third-order valence-electron chi connectivity index (χ3n) is 7.07. The number of nitrogens with one attached hydrogen (secondary N) is 1. The Kier molecular flexibility index (Phi) is 5.95. The first-order chi connectivity index (χ1) is 17.2. The maximum Gasteiger partial charge on any atom is 0.258 e. The van der Waals surface area contributed by atoms with E-state index in [2.05, 4.69) is 35.7 Å². The fourth-order valence-corrected chi connectivity index (χ4v) is 4.83. The number of piperidine rings is 1. The molecular weight excluding hydrogens is 442 g/mol. The van der Waals surface area contributed by atoms with Crippen LogP contribution < -0.4 is 15.8 Å². The first-order valence-corrected chi connectivity index (χ1v) is 12.4. The van der Waals surface area contributed by atoms with Gasteiger partial charge in [-0.3, -0.25) is 9.20 Å². The summed E-state index contributed by atoms with van der Waals surface area (Å²) in [6, 6.07) is 11.5. The number of pyridine rings is 1. The molecule has 0 spiro atoms. The highest BCUT2D eigenvalue weighted by Crippen LogP contribution is 2.26. The lowest BCUT2D eigenvalue weighted by molar-refractivity contribution is 0.280. The molecule has 0 radical (unpaired) electrons. The minimum Gasteiger partial charge on any atom is -0.354 e. The zero-order valence-corrected chi connectivity index (χ0v) is 19.6. The van der Waals surface area contributed by atoms with Gasteiger partial charge in [-0.2, -0.15) is 5.10 Å². The van der Waals surface area contributed by atoms with Crippen molar-refractivity contribution < 1.29 is 0 Å². The SMILES string of the molecule is O=c1cc(-c2cn(Cc3ccc(N4CCC[C@@H](NCC5CCC5)C4)nn3)nn2)nc2ccccn12. The zero-order valence-electron chi connectivity index (χ0n) is 19.6. The van der Waals surface area contributed by atoms with Crippen LogP contribution in [0.25, 0.3) is 17.0 Å². The third-order valence-corrected chi connectivity index (χ3v) is 7.07. The Hall–Kier alpha value is -3.66. The van der Waals surface area contributed by atoms with Crippen LogP contribution in [0, 0.1) is 5.92 Å². The minimum atomic E-state index is -0.153. The van der Waals surface area contributed by atoms with Crippen molar-refractivity contribution in [2.24, 2.45) is 5.92 Å². The highest BCUT2D eigenvalue weighted by Gasteiger charge is 2.23. The normalized spacial score (nSPS) is 18.6. The molecule has 4 aromatic rings. The van der Waals surface area contributed by atoms with Crippen molar-refractivity contribution in [3.63, 3.8) is 0 Å². The number of hydrogen-bond donors (Lipinski definition) is 1. The molecule has 0 bridgehead atoms. The van der Waals surface area contributed by atoms with Crippen molar-refractivity contribution in [2.75, 3.05) is 24.5 Å². The van der Waals surface area contributed by atoms with Crippen molar-refractivity contribution >= 4 is 11.5 Å². The molecule has 6 rings (SSSR count). The average Bonchev–Trinajstić information content (AvgIpc) is 3.32. The molecule has 0 aromatic carbocycles. The van der Waals surface area contributed by atoms with Gasteiger partial charge in [-0.05, 0) is 62.4 Å². The van der Waals surface area contributed by atoms with Gasteiger partial charge in [0, 0.05) is 31.4 Å². The van der Waals surface area contributed by atoms with Gasteiger partial charge in [0.25, 0.3) is 5.56 Å². The van der Waals surface area contributed by atoms with Crippen molar-refractivity contribution in [3.05, 3.63) is 64.8 Å². The molecule has 1 N–H and O–H groups in total. The highest BCUT2D eigenvalue weighted by atomic mass is 16.1. The van der Waals surface area contributed by atoms with Gasteiger partial charge in [0.05, 0.1) is 18.4 Å². The molecule has 10 heteroatoms. The summed E-state index contributed by atoms with van der Waals surface area (Å²) < 4.78 is 3.19. The van der Waals surface area contributed by atoms with E-state index >= 15 is 0 Å². The van der Waals surface area contributed by atoms with Crippen molar-refractivity contribution in [1.82, 2.24) is 39.9 Å². The van der Waals surface area contributed by atoms with Crippen molar-refractivity contribution in [2.45, 2.75) is 44.7 Å². The summed E-state index contributed by atoms with van der Waals surface area (Å²) in [5.74, 6) is 1.80. The van der Waals surface area contributed by atoms with Gasteiger partial charge in [0.2, 0.25) is 0 Å². The lowest BCUT2D eigenvalue weighted by atomic mass is 9.85. The van der Waals surface area contributed by atoms with E-state index in [4.69, 9.17) is 0 Å². The number of nitrogens with zero attached hydrogens (tertiary/aromatic N) is 8. The van der Waals surface area contributed by atoms with Gasteiger partial charge < -0.3 is 10.2 Å². The summed E-state index contributed by atoms with van der Waals surface area (Å²) in [6.45, 7) is 3.58.